The average Bonchev–Trinajstić information content (AvgIpc) is 3.63. The van der Waals surface area contributed by atoms with E-state index < -0.39 is 23.8 Å². The molecule has 2 aromatic rings. The lowest BCUT2D eigenvalue weighted by atomic mass is 9.84. The van der Waals surface area contributed by atoms with E-state index in [0.29, 0.717) is 62.1 Å². The third-order valence-electron chi connectivity index (χ3n) is 8.69. The van der Waals surface area contributed by atoms with E-state index in [1.807, 2.05) is 23.1 Å². The molecule has 3 amide bonds. The van der Waals surface area contributed by atoms with Gasteiger partial charge in [-0.15, -0.1) is 0 Å². The number of ether oxygens (including phenoxy) is 3. The number of carbonyl (C=O) groups excluding carboxylic acids is 2. The number of urea groups is 1. The minimum absolute atomic E-state index is 0.0408. The molecular formula is C31H41N5O7. The number of unbranched alkanes of at least 4 members (excludes halogenated alkanes) is 1. The number of pyridine rings is 1. The number of nitrogens with zero attached hydrogens (tertiary/aromatic N) is 5. The monoisotopic (exact) mass is 595 g/mol. The van der Waals surface area contributed by atoms with Crippen LogP contribution in [0, 0.1) is 5.92 Å². The molecule has 5 rings (SSSR count). The lowest BCUT2D eigenvalue weighted by molar-refractivity contribution is -0.143. The maximum atomic E-state index is 13.9. The summed E-state index contributed by atoms with van der Waals surface area (Å²) in [5, 5.41) is 10.6. The van der Waals surface area contributed by atoms with Crippen molar-refractivity contribution in [2.45, 2.75) is 44.6 Å². The smallest absolute Gasteiger partial charge is 0.319 e. The second kappa shape index (κ2) is 13.5. The van der Waals surface area contributed by atoms with Crippen molar-refractivity contribution in [2.75, 3.05) is 65.1 Å². The molecule has 0 saturated carbocycles. The summed E-state index contributed by atoms with van der Waals surface area (Å²) in [6.45, 7) is 4.79. The van der Waals surface area contributed by atoms with Gasteiger partial charge < -0.3 is 34.0 Å². The predicted octanol–water partition coefficient (Wildman–Crippen LogP) is 3.27. The fourth-order valence-electron chi connectivity index (χ4n) is 6.47. The molecule has 1 aromatic carbocycles. The maximum Gasteiger partial charge on any atom is 0.319 e. The van der Waals surface area contributed by atoms with Crippen LogP contribution in [0.25, 0.3) is 0 Å². The first-order chi connectivity index (χ1) is 20.8. The number of aliphatic carboxylic acids is 1. The number of rotatable bonds is 12. The highest BCUT2D eigenvalue weighted by Gasteiger charge is 2.48. The van der Waals surface area contributed by atoms with Gasteiger partial charge in [-0.3, -0.25) is 19.5 Å². The summed E-state index contributed by atoms with van der Waals surface area (Å²) >= 11 is 0. The van der Waals surface area contributed by atoms with Crippen LogP contribution in [0.4, 0.5) is 10.5 Å². The van der Waals surface area contributed by atoms with Crippen LogP contribution in [0.1, 0.15) is 44.1 Å². The van der Waals surface area contributed by atoms with Crippen molar-refractivity contribution in [1.82, 2.24) is 19.7 Å². The van der Waals surface area contributed by atoms with Crippen LogP contribution in [-0.4, -0.2) is 109 Å². The Balaban J connectivity index is 1.45. The molecule has 12 heteroatoms. The molecule has 12 nitrogen and oxygen atoms in total. The zero-order valence-electron chi connectivity index (χ0n) is 25.1. The minimum atomic E-state index is -0.946. The van der Waals surface area contributed by atoms with E-state index in [9.17, 15) is 19.5 Å². The van der Waals surface area contributed by atoms with Crippen molar-refractivity contribution < 1.29 is 33.7 Å². The van der Waals surface area contributed by atoms with E-state index in [4.69, 9.17) is 14.2 Å². The summed E-state index contributed by atoms with van der Waals surface area (Å²) in [5.74, 6) is -0.847. The van der Waals surface area contributed by atoms with Crippen LogP contribution >= 0.6 is 0 Å². The Bertz CT molecular complexity index is 1310. The molecule has 0 aliphatic carbocycles. The van der Waals surface area contributed by atoms with Crippen LogP contribution in [0.2, 0.25) is 0 Å². The van der Waals surface area contributed by atoms with Gasteiger partial charge in [0.1, 0.15) is 0 Å². The minimum Gasteiger partial charge on any atom is -0.493 e. The van der Waals surface area contributed by atoms with Crippen LogP contribution in [0.15, 0.2) is 36.7 Å². The third-order valence-corrected chi connectivity index (χ3v) is 8.69. The molecule has 2 saturated heterocycles. The molecule has 4 heterocycles. The van der Waals surface area contributed by atoms with E-state index in [0.717, 1.165) is 24.8 Å². The van der Waals surface area contributed by atoms with Crippen LogP contribution in [-0.2, 0) is 9.59 Å². The summed E-state index contributed by atoms with van der Waals surface area (Å²) in [7, 11) is 3.32. The quantitative estimate of drug-likeness (QED) is 0.394. The molecule has 2 fully saturated rings. The molecule has 3 aliphatic heterocycles. The Morgan fingerprint density at radius 1 is 1.23 bits per heavy atom. The van der Waals surface area contributed by atoms with Crippen molar-refractivity contribution in [1.29, 1.82) is 0 Å². The third kappa shape index (κ3) is 6.48. The number of carboxylic acids is 1. The topological polar surface area (TPSA) is 125 Å². The number of carboxylic acid groups (broad SMARTS) is 1. The number of anilines is 1. The first kappa shape index (κ1) is 30.4. The van der Waals surface area contributed by atoms with Crippen LogP contribution in [0.3, 0.4) is 0 Å². The van der Waals surface area contributed by atoms with Gasteiger partial charge in [0, 0.05) is 57.9 Å². The summed E-state index contributed by atoms with van der Waals surface area (Å²) in [4.78, 5) is 51.1. The average molecular weight is 596 g/mol. The van der Waals surface area contributed by atoms with Gasteiger partial charge in [0.15, 0.2) is 11.5 Å². The van der Waals surface area contributed by atoms with Gasteiger partial charge in [-0.2, -0.15) is 0 Å². The molecule has 1 N–H and O–H groups in total. The van der Waals surface area contributed by atoms with Gasteiger partial charge in [-0.05, 0) is 49.1 Å². The Labute approximate surface area is 252 Å². The van der Waals surface area contributed by atoms with Crippen molar-refractivity contribution in [3.05, 3.63) is 42.2 Å². The van der Waals surface area contributed by atoms with Gasteiger partial charge in [-0.25, -0.2) is 4.79 Å². The Hall–Kier alpha value is -4.06. The maximum absolute atomic E-state index is 13.9. The second-order valence-electron chi connectivity index (χ2n) is 11.4. The number of benzene rings is 1. The Morgan fingerprint density at radius 2 is 2.07 bits per heavy atom. The first-order valence-electron chi connectivity index (χ1n) is 15.0. The molecule has 3 aliphatic rings. The number of likely N-dealkylation sites (tertiary alicyclic amines) is 1. The van der Waals surface area contributed by atoms with Gasteiger partial charge in [-0.1, -0.05) is 13.3 Å². The summed E-state index contributed by atoms with van der Waals surface area (Å²) in [5.41, 5.74) is 1.46. The van der Waals surface area contributed by atoms with Gasteiger partial charge in [0.05, 0.1) is 31.5 Å². The normalized spacial score (nSPS) is 21.7. The van der Waals surface area contributed by atoms with E-state index in [-0.39, 0.29) is 25.3 Å². The zero-order chi connectivity index (χ0) is 30.5. The Kier molecular flexibility index (Phi) is 9.54. The van der Waals surface area contributed by atoms with Gasteiger partial charge in [0.25, 0.3) is 0 Å². The number of methoxy groups -OCH3 is 1. The molecule has 232 valence electrons. The largest absolute Gasteiger partial charge is 0.493 e. The molecule has 0 unspecified atom stereocenters. The summed E-state index contributed by atoms with van der Waals surface area (Å²) in [6, 6.07) is 6.75. The van der Waals surface area contributed by atoms with Crippen molar-refractivity contribution in [2.24, 2.45) is 5.92 Å². The summed E-state index contributed by atoms with van der Waals surface area (Å²) < 4.78 is 16.8. The number of fused-ring (bicyclic) bond motifs is 1. The number of amides is 3. The molecule has 3 atom stereocenters. The first-order valence-corrected chi connectivity index (χ1v) is 15.0. The predicted molar refractivity (Wildman–Crippen MR) is 159 cm³/mol. The van der Waals surface area contributed by atoms with Crippen LogP contribution < -0.4 is 19.1 Å². The standard InChI is InChI=1S/C31H41N5O7/c1-4-5-13-36(22-8-6-10-32-17-22)27(37)19-35-18-23(21-15-25(41-3)29-26(16-21)42-20-43-29)28(30(38)39)24(35)9-14-34-12-7-11-33(2)31(34)40/h6,8,10,15-17,23-24,28H,4-5,7,9,11-14,18-20H2,1-3H3,(H,38,39)/t23-,24+,28-/m1/s1. The highest BCUT2D eigenvalue weighted by atomic mass is 16.7. The number of hydrogen-bond acceptors (Lipinski definition) is 8. The van der Waals surface area contributed by atoms with Gasteiger partial charge >= 0.3 is 12.0 Å². The highest BCUT2D eigenvalue weighted by Crippen LogP contribution is 2.47. The lowest BCUT2D eigenvalue weighted by Gasteiger charge is -2.35. The van der Waals surface area contributed by atoms with E-state index in [1.165, 1.54) is 7.11 Å². The zero-order valence-corrected chi connectivity index (χ0v) is 25.1. The Morgan fingerprint density at radius 3 is 2.79 bits per heavy atom. The molecule has 1 aromatic heterocycles. The number of aromatic nitrogens is 1. The van der Waals surface area contributed by atoms with E-state index >= 15 is 0 Å². The molecule has 0 spiro atoms. The fourth-order valence-corrected chi connectivity index (χ4v) is 6.47. The van der Waals surface area contributed by atoms with Crippen molar-refractivity contribution >= 4 is 23.6 Å². The van der Waals surface area contributed by atoms with E-state index in [2.05, 4.69) is 11.9 Å². The molecule has 43 heavy (non-hydrogen) atoms. The van der Waals surface area contributed by atoms with Crippen molar-refractivity contribution in [3.8, 4) is 17.2 Å². The molecule has 0 bridgehead atoms. The van der Waals surface area contributed by atoms with E-state index in [1.54, 1.807) is 40.2 Å². The van der Waals surface area contributed by atoms with Crippen molar-refractivity contribution in [3.63, 3.8) is 0 Å². The SMILES string of the molecule is CCCCN(C(=O)CN1C[C@H](c2cc(OC)c3c(c2)OCO3)[C@@H](C(=O)O)[C@@H]1CCN1CCCN(C)C1=O)c1cccnc1. The number of hydrogen-bond donors (Lipinski definition) is 1. The van der Waals surface area contributed by atoms with Crippen LogP contribution in [0.5, 0.6) is 17.2 Å². The molecule has 0 radical (unpaired) electrons. The summed E-state index contributed by atoms with van der Waals surface area (Å²) in [6.07, 6.45) is 6.37. The highest BCUT2D eigenvalue weighted by molar-refractivity contribution is 5.94. The molecular weight excluding hydrogens is 554 g/mol. The fraction of sp³-hybridized carbons (Fsp3) is 0.548. The van der Waals surface area contributed by atoms with Gasteiger partial charge in [0.2, 0.25) is 18.4 Å². The lowest BCUT2D eigenvalue weighted by Crippen LogP contribution is -2.50. The number of carbonyl (C=O) groups is 3. The second-order valence-corrected chi connectivity index (χ2v) is 11.4.